The smallest absolute Gasteiger partial charge is 0.370 e. The van der Waals surface area contributed by atoms with Crippen LogP contribution in [0.2, 0.25) is 0 Å². The second kappa shape index (κ2) is 8.02. The van der Waals surface area contributed by atoms with E-state index in [4.69, 9.17) is 0 Å². The van der Waals surface area contributed by atoms with Gasteiger partial charge in [-0.3, -0.25) is 0 Å². The van der Waals surface area contributed by atoms with Crippen molar-refractivity contribution in [1.82, 2.24) is 4.98 Å². The third-order valence-corrected chi connectivity index (χ3v) is 2.88. The Labute approximate surface area is 112 Å². The van der Waals surface area contributed by atoms with Crippen molar-refractivity contribution in [2.24, 2.45) is 0 Å². The summed E-state index contributed by atoms with van der Waals surface area (Å²) in [5.74, 6) is 0.295. The minimum absolute atomic E-state index is 0.295. The van der Waals surface area contributed by atoms with Crippen LogP contribution in [0.5, 0.6) is 0 Å². The zero-order valence-electron chi connectivity index (χ0n) is 11.3. The Morgan fingerprint density at radius 1 is 1.05 bits per heavy atom. The fraction of sp³-hybridized carbons (Fsp3) is 0.643. The van der Waals surface area contributed by atoms with Crippen LogP contribution in [0.15, 0.2) is 18.2 Å². The van der Waals surface area contributed by atoms with Gasteiger partial charge < -0.3 is 5.32 Å². The summed E-state index contributed by atoms with van der Waals surface area (Å²) in [4.78, 5) is 3.56. The minimum atomic E-state index is -4.38. The summed E-state index contributed by atoms with van der Waals surface area (Å²) >= 11 is 0. The molecule has 0 spiro atoms. The lowest BCUT2D eigenvalue weighted by Gasteiger charge is -2.09. The highest BCUT2D eigenvalue weighted by molar-refractivity contribution is 5.35. The van der Waals surface area contributed by atoms with Gasteiger partial charge in [0.2, 0.25) is 0 Å². The monoisotopic (exact) mass is 274 g/mol. The molecule has 19 heavy (non-hydrogen) atoms. The highest BCUT2D eigenvalue weighted by Gasteiger charge is 2.32. The van der Waals surface area contributed by atoms with E-state index in [9.17, 15) is 13.2 Å². The number of nitrogens with zero attached hydrogens (tertiary/aromatic N) is 1. The van der Waals surface area contributed by atoms with Gasteiger partial charge in [0.25, 0.3) is 0 Å². The predicted molar refractivity (Wildman–Crippen MR) is 71.1 cm³/mol. The summed E-state index contributed by atoms with van der Waals surface area (Å²) in [6, 6.07) is 3.92. The largest absolute Gasteiger partial charge is 0.433 e. The molecule has 0 unspecified atom stereocenters. The zero-order valence-corrected chi connectivity index (χ0v) is 11.3. The number of rotatable bonds is 8. The summed E-state index contributed by atoms with van der Waals surface area (Å²) in [5, 5.41) is 2.94. The highest BCUT2D eigenvalue weighted by atomic mass is 19.4. The van der Waals surface area contributed by atoms with Crippen LogP contribution in [-0.2, 0) is 6.18 Å². The van der Waals surface area contributed by atoms with E-state index in [1.165, 1.54) is 31.7 Å². The number of anilines is 1. The summed E-state index contributed by atoms with van der Waals surface area (Å²) < 4.78 is 37.3. The number of aromatic nitrogens is 1. The SMILES string of the molecule is CCCCCCCCNc1cccc(C(F)(F)F)n1. The maximum atomic E-state index is 12.4. The average molecular weight is 274 g/mol. The Bertz CT molecular complexity index is 364. The topological polar surface area (TPSA) is 24.9 Å². The summed E-state index contributed by atoms with van der Waals surface area (Å²) in [5.41, 5.74) is -0.847. The van der Waals surface area contributed by atoms with E-state index in [0.29, 0.717) is 12.4 Å². The molecule has 0 atom stereocenters. The fourth-order valence-corrected chi connectivity index (χ4v) is 1.81. The Kier molecular flexibility index (Phi) is 6.67. The maximum Gasteiger partial charge on any atom is 0.433 e. The molecule has 0 radical (unpaired) electrons. The first-order valence-electron chi connectivity index (χ1n) is 6.82. The van der Waals surface area contributed by atoms with Gasteiger partial charge in [0.05, 0.1) is 0 Å². The number of alkyl halides is 3. The van der Waals surface area contributed by atoms with E-state index < -0.39 is 11.9 Å². The van der Waals surface area contributed by atoms with E-state index in [1.807, 2.05) is 0 Å². The van der Waals surface area contributed by atoms with Gasteiger partial charge in [-0.05, 0) is 18.6 Å². The molecule has 0 saturated heterocycles. The van der Waals surface area contributed by atoms with Gasteiger partial charge >= 0.3 is 6.18 Å². The molecule has 0 fully saturated rings. The van der Waals surface area contributed by atoms with Gasteiger partial charge in [0.1, 0.15) is 11.5 Å². The van der Waals surface area contributed by atoms with Crippen LogP contribution in [-0.4, -0.2) is 11.5 Å². The van der Waals surface area contributed by atoms with Crippen LogP contribution in [0.1, 0.15) is 51.1 Å². The van der Waals surface area contributed by atoms with Crippen molar-refractivity contribution in [1.29, 1.82) is 0 Å². The Morgan fingerprint density at radius 3 is 2.42 bits per heavy atom. The molecule has 0 aliphatic carbocycles. The first-order chi connectivity index (χ1) is 9.04. The molecule has 1 N–H and O–H groups in total. The quantitative estimate of drug-likeness (QED) is 0.684. The van der Waals surface area contributed by atoms with E-state index in [-0.39, 0.29) is 0 Å². The van der Waals surface area contributed by atoms with Gasteiger partial charge in [-0.25, -0.2) is 4.98 Å². The standard InChI is InChI=1S/C14H21F3N2/c1-2-3-4-5-6-7-11-18-13-10-8-9-12(19-13)14(15,16)17/h8-10H,2-7,11H2,1H3,(H,18,19). The van der Waals surface area contributed by atoms with Gasteiger partial charge in [0.15, 0.2) is 0 Å². The van der Waals surface area contributed by atoms with Crippen molar-refractivity contribution in [3.63, 3.8) is 0 Å². The zero-order chi connectivity index (χ0) is 14.1. The lowest BCUT2D eigenvalue weighted by atomic mass is 10.1. The van der Waals surface area contributed by atoms with Gasteiger partial charge in [0, 0.05) is 6.54 Å². The summed E-state index contributed by atoms with van der Waals surface area (Å²) in [6.07, 6.45) is 2.57. The third-order valence-electron chi connectivity index (χ3n) is 2.88. The lowest BCUT2D eigenvalue weighted by Crippen LogP contribution is -2.10. The Hall–Kier alpha value is -1.26. The van der Waals surface area contributed by atoms with Gasteiger partial charge in [-0.1, -0.05) is 45.1 Å². The first-order valence-corrected chi connectivity index (χ1v) is 6.82. The van der Waals surface area contributed by atoms with Crippen molar-refractivity contribution >= 4 is 5.82 Å². The highest BCUT2D eigenvalue weighted by Crippen LogP contribution is 2.28. The van der Waals surface area contributed by atoms with Crippen molar-refractivity contribution in [3.05, 3.63) is 23.9 Å². The van der Waals surface area contributed by atoms with Crippen LogP contribution in [0, 0.1) is 0 Å². The molecule has 1 rings (SSSR count). The van der Waals surface area contributed by atoms with Gasteiger partial charge in [-0.15, -0.1) is 0 Å². The van der Waals surface area contributed by atoms with Crippen molar-refractivity contribution in [3.8, 4) is 0 Å². The van der Waals surface area contributed by atoms with Crippen molar-refractivity contribution in [2.75, 3.05) is 11.9 Å². The lowest BCUT2D eigenvalue weighted by molar-refractivity contribution is -0.141. The molecule has 0 saturated carbocycles. The molecule has 1 aromatic rings. The molecule has 1 heterocycles. The minimum Gasteiger partial charge on any atom is -0.370 e. The third kappa shape index (κ3) is 6.45. The van der Waals surface area contributed by atoms with Crippen LogP contribution < -0.4 is 5.32 Å². The molecule has 0 aromatic carbocycles. The van der Waals surface area contributed by atoms with Crippen LogP contribution >= 0.6 is 0 Å². The Balaban J connectivity index is 2.26. The van der Waals surface area contributed by atoms with Crippen molar-refractivity contribution < 1.29 is 13.2 Å². The Morgan fingerprint density at radius 2 is 1.74 bits per heavy atom. The van der Waals surface area contributed by atoms with E-state index >= 15 is 0 Å². The molecule has 0 aliphatic rings. The molecule has 2 nitrogen and oxygen atoms in total. The van der Waals surface area contributed by atoms with Crippen LogP contribution in [0.3, 0.4) is 0 Å². The number of halogens is 3. The van der Waals surface area contributed by atoms with E-state index in [2.05, 4.69) is 17.2 Å². The molecule has 1 aromatic heterocycles. The van der Waals surface area contributed by atoms with Crippen LogP contribution in [0.4, 0.5) is 19.0 Å². The molecule has 5 heteroatoms. The van der Waals surface area contributed by atoms with Gasteiger partial charge in [-0.2, -0.15) is 13.2 Å². The van der Waals surface area contributed by atoms with Crippen molar-refractivity contribution in [2.45, 2.75) is 51.6 Å². The molecular formula is C14H21F3N2. The number of hydrogen-bond acceptors (Lipinski definition) is 2. The molecule has 0 amide bonds. The number of unbranched alkanes of at least 4 members (excludes halogenated alkanes) is 5. The number of pyridine rings is 1. The van der Waals surface area contributed by atoms with E-state index in [0.717, 1.165) is 18.9 Å². The summed E-state index contributed by atoms with van der Waals surface area (Å²) in [7, 11) is 0. The second-order valence-corrected chi connectivity index (χ2v) is 4.60. The normalized spacial score (nSPS) is 11.6. The fourth-order valence-electron chi connectivity index (χ4n) is 1.81. The van der Waals surface area contributed by atoms with Crippen LogP contribution in [0.25, 0.3) is 0 Å². The second-order valence-electron chi connectivity index (χ2n) is 4.60. The number of hydrogen-bond donors (Lipinski definition) is 1. The first kappa shape index (κ1) is 15.8. The maximum absolute atomic E-state index is 12.4. The average Bonchev–Trinajstić information content (AvgIpc) is 2.37. The molecule has 0 aliphatic heterocycles. The summed E-state index contributed by atoms with van der Waals surface area (Å²) in [6.45, 7) is 2.83. The molecule has 0 bridgehead atoms. The molecule has 108 valence electrons. The molecular weight excluding hydrogens is 253 g/mol. The predicted octanol–water partition coefficient (Wildman–Crippen LogP) is 4.87. The number of nitrogens with one attached hydrogen (secondary N) is 1. The van der Waals surface area contributed by atoms with E-state index in [1.54, 1.807) is 6.07 Å².